The molecule has 8 heteroatoms. The van der Waals surface area contributed by atoms with Crippen molar-refractivity contribution in [3.05, 3.63) is 30.3 Å². The smallest absolute Gasteiger partial charge is 0.303 e. The number of hydrogen-bond acceptors (Lipinski definition) is 5. The molecule has 1 aromatic rings. The molecule has 0 bridgehead atoms. The lowest BCUT2D eigenvalue weighted by molar-refractivity contribution is -0.138. The number of anilines is 1. The van der Waals surface area contributed by atoms with E-state index in [9.17, 15) is 19.2 Å². The van der Waals surface area contributed by atoms with Gasteiger partial charge in [0.15, 0.2) is 0 Å². The van der Waals surface area contributed by atoms with Crippen LogP contribution in [0.15, 0.2) is 30.3 Å². The zero-order valence-electron chi connectivity index (χ0n) is 15.4. The fourth-order valence-electron chi connectivity index (χ4n) is 2.42. The minimum absolute atomic E-state index is 0.144. The van der Waals surface area contributed by atoms with E-state index in [0.29, 0.717) is 25.1 Å². The second-order valence-corrected chi connectivity index (χ2v) is 6.36. The van der Waals surface area contributed by atoms with Gasteiger partial charge in [0, 0.05) is 18.0 Å². The number of nitrogens with one attached hydrogen (secondary N) is 2. The summed E-state index contributed by atoms with van der Waals surface area (Å²) in [5, 5.41) is 13.8. The molecule has 0 spiro atoms. The molecule has 148 valence electrons. The monoisotopic (exact) mass is 377 g/mol. The molecule has 2 atom stereocenters. The van der Waals surface area contributed by atoms with Crippen LogP contribution in [0.5, 0.6) is 0 Å². The molecule has 0 aliphatic heterocycles. The van der Waals surface area contributed by atoms with E-state index >= 15 is 0 Å². The van der Waals surface area contributed by atoms with E-state index in [1.54, 1.807) is 37.3 Å². The predicted octanol–water partition coefficient (Wildman–Crippen LogP) is 1.31. The summed E-state index contributed by atoms with van der Waals surface area (Å²) in [5.41, 5.74) is 5.95. The summed E-state index contributed by atoms with van der Waals surface area (Å²) in [7, 11) is 0. The molecule has 0 radical (unpaired) electrons. The summed E-state index contributed by atoms with van der Waals surface area (Å²) < 4.78 is 0. The van der Waals surface area contributed by atoms with Crippen LogP contribution in [0, 0.1) is 5.92 Å². The Balaban J connectivity index is 2.73. The maximum Gasteiger partial charge on any atom is 0.303 e. The van der Waals surface area contributed by atoms with Crippen molar-refractivity contribution in [2.75, 3.05) is 11.9 Å². The Morgan fingerprint density at radius 1 is 1.07 bits per heavy atom. The van der Waals surface area contributed by atoms with Crippen molar-refractivity contribution >= 4 is 29.3 Å². The van der Waals surface area contributed by atoms with E-state index in [4.69, 9.17) is 10.8 Å². The minimum atomic E-state index is -0.993. The number of unbranched alkanes of at least 4 members (excludes halogenated alkanes) is 1. The lowest BCUT2D eigenvalue weighted by atomic mass is 10.0. The van der Waals surface area contributed by atoms with Gasteiger partial charge in [-0.3, -0.25) is 19.2 Å². The molecule has 0 aliphatic rings. The second-order valence-electron chi connectivity index (χ2n) is 6.36. The number of carboxylic acid groups (broad SMARTS) is 1. The van der Waals surface area contributed by atoms with Gasteiger partial charge in [0.2, 0.25) is 11.7 Å². The number of para-hydroxylation sites is 1. The summed E-state index contributed by atoms with van der Waals surface area (Å²) in [5.74, 6) is -3.57. The molecule has 0 heterocycles. The van der Waals surface area contributed by atoms with Crippen LogP contribution in [0.25, 0.3) is 0 Å². The first-order valence-electron chi connectivity index (χ1n) is 8.97. The van der Waals surface area contributed by atoms with E-state index in [2.05, 4.69) is 10.6 Å². The molecule has 2 amide bonds. The molecule has 0 fully saturated rings. The van der Waals surface area contributed by atoms with Crippen molar-refractivity contribution in [1.82, 2.24) is 5.32 Å². The third-order valence-corrected chi connectivity index (χ3v) is 4.07. The lowest BCUT2D eigenvalue weighted by Gasteiger charge is -2.19. The number of nitrogens with two attached hydrogens (primary N) is 1. The quantitative estimate of drug-likeness (QED) is 0.320. The van der Waals surface area contributed by atoms with Gasteiger partial charge in [0.25, 0.3) is 5.91 Å². The Morgan fingerprint density at radius 2 is 1.74 bits per heavy atom. The van der Waals surface area contributed by atoms with Crippen LogP contribution in [0.2, 0.25) is 0 Å². The maximum absolute atomic E-state index is 12.5. The van der Waals surface area contributed by atoms with Gasteiger partial charge in [-0.25, -0.2) is 0 Å². The molecule has 1 aromatic carbocycles. The fraction of sp³-hybridized carbons (Fsp3) is 0.474. The first-order valence-corrected chi connectivity index (χ1v) is 8.97. The predicted molar refractivity (Wildman–Crippen MR) is 101 cm³/mol. The van der Waals surface area contributed by atoms with Crippen LogP contribution >= 0.6 is 0 Å². The molecule has 0 saturated carbocycles. The van der Waals surface area contributed by atoms with Gasteiger partial charge in [-0.2, -0.15) is 0 Å². The standard InChI is InChI=1S/C19H27N3O5/c1-13(10-11-16(23)24)18(26)22-15(9-5-6-12-20)17(25)19(27)21-14-7-3-2-4-8-14/h2-4,7-8,13,15H,5-6,9-12,20H2,1H3,(H,21,27)(H,22,26)(H,23,24). The summed E-state index contributed by atoms with van der Waals surface area (Å²) in [6, 6.07) is 7.57. The molecule has 0 aromatic heterocycles. The first kappa shape index (κ1) is 22.3. The number of carboxylic acids is 1. The average molecular weight is 377 g/mol. The number of carbonyl (C=O) groups excluding carboxylic acids is 3. The largest absolute Gasteiger partial charge is 0.481 e. The van der Waals surface area contributed by atoms with Gasteiger partial charge in [-0.05, 0) is 44.4 Å². The van der Waals surface area contributed by atoms with Gasteiger partial charge in [0.05, 0.1) is 6.04 Å². The van der Waals surface area contributed by atoms with Gasteiger partial charge in [-0.1, -0.05) is 25.1 Å². The fourth-order valence-corrected chi connectivity index (χ4v) is 2.42. The van der Waals surface area contributed by atoms with Crippen molar-refractivity contribution in [2.45, 2.75) is 45.1 Å². The maximum atomic E-state index is 12.5. The molecular formula is C19H27N3O5. The van der Waals surface area contributed by atoms with Crippen molar-refractivity contribution in [2.24, 2.45) is 11.7 Å². The Kier molecular flexibility index (Phi) is 9.74. The van der Waals surface area contributed by atoms with Crippen LogP contribution in [-0.4, -0.2) is 41.3 Å². The number of rotatable bonds is 12. The molecule has 1 rings (SSSR count). The van der Waals surface area contributed by atoms with Crippen LogP contribution < -0.4 is 16.4 Å². The van der Waals surface area contributed by atoms with Crippen LogP contribution in [0.1, 0.15) is 39.0 Å². The molecule has 27 heavy (non-hydrogen) atoms. The highest BCUT2D eigenvalue weighted by Crippen LogP contribution is 2.10. The highest BCUT2D eigenvalue weighted by molar-refractivity contribution is 6.42. The number of amides is 2. The van der Waals surface area contributed by atoms with Crippen molar-refractivity contribution < 1.29 is 24.3 Å². The normalized spacial score (nSPS) is 12.7. The Morgan fingerprint density at radius 3 is 2.33 bits per heavy atom. The number of aliphatic carboxylic acids is 1. The van der Waals surface area contributed by atoms with E-state index in [-0.39, 0.29) is 19.3 Å². The Labute approximate surface area is 158 Å². The lowest BCUT2D eigenvalue weighted by Crippen LogP contribution is -2.47. The van der Waals surface area contributed by atoms with Crippen LogP contribution in [0.4, 0.5) is 5.69 Å². The molecule has 5 N–H and O–H groups in total. The first-order chi connectivity index (χ1) is 12.8. The molecule has 0 saturated heterocycles. The third kappa shape index (κ3) is 8.46. The van der Waals surface area contributed by atoms with E-state index in [1.807, 2.05) is 0 Å². The summed E-state index contributed by atoms with van der Waals surface area (Å²) >= 11 is 0. The van der Waals surface area contributed by atoms with Crippen LogP contribution in [0.3, 0.4) is 0 Å². The summed E-state index contributed by atoms with van der Waals surface area (Å²) in [6.45, 7) is 2.03. The van der Waals surface area contributed by atoms with Gasteiger partial charge >= 0.3 is 5.97 Å². The van der Waals surface area contributed by atoms with Crippen molar-refractivity contribution in [3.8, 4) is 0 Å². The number of hydrogen-bond donors (Lipinski definition) is 4. The average Bonchev–Trinajstić information content (AvgIpc) is 2.65. The van der Waals surface area contributed by atoms with Gasteiger partial charge in [0.1, 0.15) is 0 Å². The van der Waals surface area contributed by atoms with Crippen molar-refractivity contribution in [1.29, 1.82) is 0 Å². The molecule has 2 unspecified atom stereocenters. The number of Topliss-reactive ketones (excluding diaryl/α,β-unsaturated/α-hetero) is 1. The molecular weight excluding hydrogens is 350 g/mol. The molecule has 8 nitrogen and oxygen atoms in total. The van der Waals surface area contributed by atoms with Gasteiger partial charge < -0.3 is 21.5 Å². The number of benzene rings is 1. The second kappa shape index (κ2) is 11.8. The third-order valence-electron chi connectivity index (χ3n) is 4.07. The number of ketones is 1. The number of carbonyl (C=O) groups is 4. The molecule has 0 aliphatic carbocycles. The van der Waals surface area contributed by atoms with E-state index in [0.717, 1.165) is 0 Å². The van der Waals surface area contributed by atoms with E-state index in [1.165, 1.54) is 0 Å². The topological polar surface area (TPSA) is 139 Å². The highest BCUT2D eigenvalue weighted by atomic mass is 16.4. The Hall–Kier alpha value is -2.74. The Bertz CT molecular complexity index is 648. The zero-order chi connectivity index (χ0) is 20.2. The summed E-state index contributed by atoms with van der Waals surface area (Å²) in [6.07, 6.45) is 1.54. The minimum Gasteiger partial charge on any atom is -0.481 e. The van der Waals surface area contributed by atoms with Gasteiger partial charge in [-0.15, -0.1) is 0 Å². The summed E-state index contributed by atoms with van der Waals surface area (Å²) in [4.78, 5) is 47.7. The highest BCUT2D eigenvalue weighted by Gasteiger charge is 2.28. The van der Waals surface area contributed by atoms with Crippen molar-refractivity contribution in [3.63, 3.8) is 0 Å². The SMILES string of the molecule is CC(CCC(=O)O)C(=O)NC(CCCCN)C(=O)C(=O)Nc1ccccc1. The van der Waals surface area contributed by atoms with Crippen LogP contribution in [-0.2, 0) is 19.2 Å². The van der Waals surface area contributed by atoms with E-state index < -0.39 is 35.5 Å². The zero-order valence-corrected chi connectivity index (χ0v) is 15.4.